The van der Waals surface area contributed by atoms with Gasteiger partial charge in [-0.3, -0.25) is 4.79 Å². The maximum Gasteiger partial charge on any atom is 0.163 e. The number of methoxy groups -OCH3 is 2. The predicted molar refractivity (Wildman–Crippen MR) is 78.6 cm³/mol. The van der Waals surface area contributed by atoms with E-state index in [4.69, 9.17) is 9.47 Å². The van der Waals surface area contributed by atoms with E-state index in [0.717, 1.165) is 17.7 Å². The SMILES string of the molecule is COc1ccc(CCC(=O)c2cccc(OC)c2)cc1. The van der Waals surface area contributed by atoms with E-state index in [1.807, 2.05) is 42.5 Å². The van der Waals surface area contributed by atoms with Gasteiger partial charge in [0.25, 0.3) is 0 Å². The molecule has 2 aromatic carbocycles. The molecule has 3 heteroatoms. The molecule has 0 saturated carbocycles. The Hall–Kier alpha value is -2.29. The largest absolute Gasteiger partial charge is 0.497 e. The van der Waals surface area contributed by atoms with Crippen molar-refractivity contribution in [3.8, 4) is 11.5 Å². The number of benzene rings is 2. The number of ketones is 1. The minimum atomic E-state index is 0.125. The van der Waals surface area contributed by atoms with Gasteiger partial charge in [-0.25, -0.2) is 0 Å². The Labute approximate surface area is 119 Å². The van der Waals surface area contributed by atoms with Gasteiger partial charge in [-0.1, -0.05) is 24.3 Å². The molecule has 0 heterocycles. The molecule has 104 valence electrons. The van der Waals surface area contributed by atoms with E-state index in [2.05, 4.69) is 0 Å². The van der Waals surface area contributed by atoms with Crippen LogP contribution in [0.1, 0.15) is 22.3 Å². The highest BCUT2D eigenvalue weighted by Gasteiger charge is 2.07. The van der Waals surface area contributed by atoms with Crippen molar-refractivity contribution in [1.29, 1.82) is 0 Å². The van der Waals surface area contributed by atoms with Crippen LogP contribution >= 0.6 is 0 Å². The summed E-state index contributed by atoms with van der Waals surface area (Å²) in [5, 5.41) is 0. The molecule has 0 saturated heterocycles. The summed E-state index contributed by atoms with van der Waals surface area (Å²) in [5.74, 6) is 1.66. The number of hydrogen-bond acceptors (Lipinski definition) is 3. The normalized spacial score (nSPS) is 10.1. The van der Waals surface area contributed by atoms with Gasteiger partial charge in [-0.2, -0.15) is 0 Å². The Morgan fingerprint density at radius 3 is 2.30 bits per heavy atom. The van der Waals surface area contributed by atoms with Crippen LogP contribution in [-0.4, -0.2) is 20.0 Å². The number of rotatable bonds is 6. The summed E-state index contributed by atoms with van der Waals surface area (Å²) in [6.07, 6.45) is 1.21. The highest BCUT2D eigenvalue weighted by molar-refractivity contribution is 5.96. The molecule has 0 fully saturated rings. The third kappa shape index (κ3) is 3.60. The molecule has 0 N–H and O–H groups in total. The van der Waals surface area contributed by atoms with Crippen molar-refractivity contribution in [2.45, 2.75) is 12.8 Å². The molecule has 2 aromatic rings. The molecule has 0 atom stereocenters. The second-order valence-electron chi connectivity index (χ2n) is 4.50. The van der Waals surface area contributed by atoms with Crippen LogP contribution in [0.3, 0.4) is 0 Å². The zero-order chi connectivity index (χ0) is 14.4. The Kier molecular flexibility index (Phi) is 4.77. The summed E-state index contributed by atoms with van der Waals surface area (Å²) in [4.78, 5) is 12.1. The van der Waals surface area contributed by atoms with Crippen LogP contribution in [0.25, 0.3) is 0 Å². The van der Waals surface area contributed by atoms with Gasteiger partial charge in [-0.05, 0) is 36.2 Å². The standard InChI is InChI=1S/C17H18O3/c1-19-15-9-6-13(7-10-15)8-11-17(18)14-4-3-5-16(12-14)20-2/h3-7,9-10,12H,8,11H2,1-2H3. The van der Waals surface area contributed by atoms with Gasteiger partial charge >= 0.3 is 0 Å². The third-order valence-electron chi connectivity index (χ3n) is 3.19. The van der Waals surface area contributed by atoms with Gasteiger partial charge < -0.3 is 9.47 Å². The van der Waals surface area contributed by atoms with Crippen molar-refractivity contribution in [1.82, 2.24) is 0 Å². The first kappa shape index (κ1) is 14.1. The average molecular weight is 270 g/mol. The second kappa shape index (κ2) is 6.75. The molecule has 0 aromatic heterocycles. The van der Waals surface area contributed by atoms with E-state index in [1.165, 1.54) is 0 Å². The molecule has 3 nitrogen and oxygen atoms in total. The number of carbonyl (C=O) groups is 1. The highest BCUT2D eigenvalue weighted by Crippen LogP contribution is 2.16. The fraction of sp³-hybridized carbons (Fsp3) is 0.235. The van der Waals surface area contributed by atoms with Crippen molar-refractivity contribution in [3.05, 3.63) is 59.7 Å². The summed E-state index contributed by atoms with van der Waals surface area (Å²) < 4.78 is 10.2. The van der Waals surface area contributed by atoms with E-state index < -0.39 is 0 Å². The molecule has 0 unspecified atom stereocenters. The first-order valence-electron chi connectivity index (χ1n) is 6.53. The molecule has 0 bridgehead atoms. The van der Waals surface area contributed by atoms with Crippen LogP contribution in [0, 0.1) is 0 Å². The molecule has 0 spiro atoms. The van der Waals surface area contributed by atoms with Gasteiger partial charge in [0, 0.05) is 12.0 Å². The average Bonchev–Trinajstić information content (AvgIpc) is 2.53. The minimum absolute atomic E-state index is 0.125. The number of hydrogen-bond donors (Lipinski definition) is 0. The van der Waals surface area contributed by atoms with Crippen molar-refractivity contribution in [2.24, 2.45) is 0 Å². The topological polar surface area (TPSA) is 35.5 Å². The number of ether oxygens (including phenoxy) is 2. The number of aryl methyl sites for hydroxylation is 1. The van der Waals surface area contributed by atoms with E-state index in [-0.39, 0.29) is 5.78 Å². The van der Waals surface area contributed by atoms with Crippen LogP contribution in [0.5, 0.6) is 11.5 Å². The van der Waals surface area contributed by atoms with Crippen molar-refractivity contribution in [2.75, 3.05) is 14.2 Å². The van der Waals surface area contributed by atoms with E-state index in [0.29, 0.717) is 17.7 Å². The summed E-state index contributed by atoms with van der Waals surface area (Å²) in [5.41, 5.74) is 1.82. The summed E-state index contributed by atoms with van der Waals surface area (Å²) in [6.45, 7) is 0. The molecule has 20 heavy (non-hydrogen) atoms. The Morgan fingerprint density at radius 1 is 0.950 bits per heavy atom. The van der Waals surface area contributed by atoms with Gasteiger partial charge in [0.1, 0.15) is 11.5 Å². The number of carbonyl (C=O) groups excluding carboxylic acids is 1. The zero-order valence-corrected chi connectivity index (χ0v) is 11.8. The lowest BCUT2D eigenvalue weighted by atomic mass is 10.0. The second-order valence-corrected chi connectivity index (χ2v) is 4.50. The lowest BCUT2D eigenvalue weighted by Gasteiger charge is -2.05. The molecule has 0 amide bonds. The fourth-order valence-electron chi connectivity index (χ4n) is 1.99. The monoisotopic (exact) mass is 270 g/mol. The predicted octanol–water partition coefficient (Wildman–Crippen LogP) is 3.52. The lowest BCUT2D eigenvalue weighted by molar-refractivity contribution is 0.0982. The van der Waals surface area contributed by atoms with Gasteiger partial charge in [0.2, 0.25) is 0 Å². The fourth-order valence-corrected chi connectivity index (χ4v) is 1.99. The van der Waals surface area contributed by atoms with Gasteiger partial charge in [-0.15, -0.1) is 0 Å². The quantitative estimate of drug-likeness (QED) is 0.753. The summed E-state index contributed by atoms with van der Waals surface area (Å²) >= 11 is 0. The van der Waals surface area contributed by atoms with Crippen LogP contribution in [0.2, 0.25) is 0 Å². The summed E-state index contributed by atoms with van der Waals surface area (Å²) in [7, 11) is 3.24. The van der Waals surface area contributed by atoms with Crippen LogP contribution in [0.4, 0.5) is 0 Å². The first-order chi connectivity index (χ1) is 9.72. The zero-order valence-electron chi connectivity index (χ0n) is 11.8. The molecule has 0 aliphatic rings. The lowest BCUT2D eigenvalue weighted by Crippen LogP contribution is -2.01. The van der Waals surface area contributed by atoms with E-state index in [9.17, 15) is 4.79 Å². The van der Waals surface area contributed by atoms with Gasteiger partial charge in [0.05, 0.1) is 14.2 Å². The maximum absolute atomic E-state index is 12.1. The summed E-state index contributed by atoms with van der Waals surface area (Å²) in [6, 6.07) is 15.0. The molecule has 0 aliphatic carbocycles. The van der Waals surface area contributed by atoms with Crippen molar-refractivity contribution in [3.63, 3.8) is 0 Å². The minimum Gasteiger partial charge on any atom is -0.497 e. The maximum atomic E-state index is 12.1. The van der Waals surface area contributed by atoms with Crippen LogP contribution in [-0.2, 0) is 6.42 Å². The number of Topliss-reactive ketones (excluding diaryl/α,β-unsaturated/α-hetero) is 1. The molecular formula is C17H18O3. The smallest absolute Gasteiger partial charge is 0.163 e. The molecule has 0 radical (unpaired) electrons. The first-order valence-corrected chi connectivity index (χ1v) is 6.53. The Morgan fingerprint density at radius 2 is 1.65 bits per heavy atom. The van der Waals surface area contributed by atoms with Crippen LogP contribution < -0.4 is 9.47 Å². The Balaban J connectivity index is 1.97. The van der Waals surface area contributed by atoms with Crippen molar-refractivity contribution < 1.29 is 14.3 Å². The highest BCUT2D eigenvalue weighted by atomic mass is 16.5. The molecular weight excluding hydrogens is 252 g/mol. The van der Waals surface area contributed by atoms with E-state index in [1.54, 1.807) is 20.3 Å². The molecule has 2 rings (SSSR count). The third-order valence-corrected chi connectivity index (χ3v) is 3.19. The van der Waals surface area contributed by atoms with Crippen molar-refractivity contribution >= 4 is 5.78 Å². The van der Waals surface area contributed by atoms with E-state index >= 15 is 0 Å². The molecule has 0 aliphatic heterocycles. The Bertz CT molecular complexity index is 573. The van der Waals surface area contributed by atoms with Crippen LogP contribution in [0.15, 0.2) is 48.5 Å². The van der Waals surface area contributed by atoms with Gasteiger partial charge in [0.15, 0.2) is 5.78 Å².